The van der Waals surface area contributed by atoms with Gasteiger partial charge in [-0.15, -0.1) is 0 Å². The van der Waals surface area contributed by atoms with Gasteiger partial charge in [-0.1, -0.05) is 0 Å². The van der Waals surface area contributed by atoms with E-state index in [1.807, 2.05) is 6.07 Å². The number of nitrogens with zero attached hydrogens (tertiary/aromatic N) is 3. The highest BCUT2D eigenvalue weighted by atomic mass is 16.6. The van der Waals surface area contributed by atoms with Gasteiger partial charge in [0.15, 0.2) is 0 Å². The number of nitro benzene ring substituents is 1. The summed E-state index contributed by atoms with van der Waals surface area (Å²) in [5.41, 5.74) is 2.03. The van der Waals surface area contributed by atoms with Crippen molar-refractivity contribution < 1.29 is 14.4 Å². The van der Waals surface area contributed by atoms with Crippen LogP contribution < -0.4 is 4.90 Å². The molecule has 0 saturated carbocycles. The summed E-state index contributed by atoms with van der Waals surface area (Å²) in [4.78, 5) is 15.4. The van der Waals surface area contributed by atoms with E-state index in [2.05, 4.69) is 9.80 Å². The van der Waals surface area contributed by atoms with Crippen molar-refractivity contribution in [1.29, 1.82) is 0 Å². The third-order valence-corrected chi connectivity index (χ3v) is 4.77. The van der Waals surface area contributed by atoms with Gasteiger partial charge in [0.1, 0.15) is 0 Å². The average Bonchev–Trinajstić information content (AvgIpc) is 3.09. The lowest BCUT2D eigenvalue weighted by atomic mass is 10.1. The van der Waals surface area contributed by atoms with E-state index in [1.54, 1.807) is 19.2 Å². The van der Waals surface area contributed by atoms with Crippen molar-refractivity contribution in [2.24, 2.45) is 0 Å². The molecule has 0 spiro atoms. The molecule has 2 heterocycles. The molecule has 0 aliphatic carbocycles. The highest BCUT2D eigenvalue weighted by molar-refractivity contribution is 5.58. The van der Waals surface area contributed by atoms with Gasteiger partial charge in [-0.25, -0.2) is 0 Å². The molecule has 1 aromatic carbocycles. The largest absolute Gasteiger partial charge is 0.380 e. The van der Waals surface area contributed by atoms with Crippen molar-refractivity contribution >= 4 is 11.4 Å². The van der Waals surface area contributed by atoms with Crippen molar-refractivity contribution in [1.82, 2.24) is 4.90 Å². The molecular weight excluding hydrogens is 310 g/mol. The molecule has 0 aromatic heterocycles. The summed E-state index contributed by atoms with van der Waals surface area (Å²) in [6, 6.07) is 5.05. The molecule has 0 radical (unpaired) electrons. The van der Waals surface area contributed by atoms with E-state index in [0.717, 1.165) is 50.6 Å². The van der Waals surface area contributed by atoms with E-state index in [0.29, 0.717) is 12.7 Å². The van der Waals surface area contributed by atoms with Crippen molar-refractivity contribution in [3.63, 3.8) is 0 Å². The van der Waals surface area contributed by atoms with Crippen LogP contribution >= 0.6 is 0 Å². The number of ether oxygens (including phenoxy) is 2. The normalized spacial score (nSPS) is 22.0. The van der Waals surface area contributed by atoms with Gasteiger partial charge in [-0.05, 0) is 18.9 Å². The van der Waals surface area contributed by atoms with Crippen LogP contribution in [0.3, 0.4) is 0 Å². The van der Waals surface area contributed by atoms with Gasteiger partial charge in [0.05, 0.1) is 17.6 Å². The van der Waals surface area contributed by atoms with Gasteiger partial charge in [0.2, 0.25) is 0 Å². The third-order valence-electron chi connectivity index (χ3n) is 4.77. The first-order chi connectivity index (χ1) is 11.7. The van der Waals surface area contributed by atoms with Gasteiger partial charge in [-0.2, -0.15) is 0 Å². The van der Waals surface area contributed by atoms with Crippen molar-refractivity contribution in [3.8, 4) is 0 Å². The van der Waals surface area contributed by atoms with Crippen LogP contribution in [0.25, 0.3) is 0 Å². The fourth-order valence-corrected chi connectivity index (χ4v) is 3.51. The molecule has 0 amide bonds. The standard InChI is InChI=1S/C17H25N3O4/c1-23-13-14-11-15(20(21)22)4-5-17(14)19-8-6-18(7-9-19)12-16-3-2-10-24-16/h4-5,11,16H,2-3,6-10,12-13H2,1H3/t16-/m0/s1. The third kappa shape index (κ3) is 4.03. The van der Waals surface area contributed by atoms with Gasteiger partial charge in [0, 0.05) is 69.8 Å². The quantitative estimate of drug-likeness (QED) is 0.585. The van der Waals surface area contributed by atoms with Crippen LogP contribution in [-0.2, 0) is 16.1 Å². The summed E-state index contributed by atoms with van der Waals surface area (Å²) in [7, 11) is 1.61. The zero-order chi connectivity index (χ0) is 16.9. The zero-order valence-electron chi connectivity index (χ0n) is 14.1. The van der Waals surface area contributed by atoms with Crippen LogP contribution in [0.1, 0.15) is 18.4 Å². The minimum atomic E-state index is -0.359. The van der Waals surface area contributed by atoms with E-state index in [1.165, 1.54) is 12.8 Å². The van der Waals surface area contributed by atoms with Crippen LogP contribution in [0.2, 0.25) is 0 Å². The molecule has 2 saturated heterocycles. The Bertz CT molecular complexity index is 567. The molecule has 2 aliphatic heterocycles. The highest BCUT2D eigenvalue weighted by Crippen LogP contribution is 2.27. The second-order valence-corrected chi connectivity index (χ2v) is 6.43. The minimum absolute atomic E-state index is 0.114. The van der Waals surface area contributed by atoms with Crippen molar-refractivity contribution in [2.45, 2.75) is 25.6 Å². The SMILES string of the molecule is COCc1cc([N+](=O)[O-])ccc1N1CCN(C[C@@H]2CCCO2)CC1. The smallest absolute Gasteiger partial charge is 0.269 e. The number of hydrogen-bond donors (Lipinski definition) is 0. The number of non-ortho nitro benzene ring substituents is 1. The summed E-state index contributed by atoms with van der Waals surface area (Å²) in [5.74, 6) is 0. The van der Waals surface area contributed by atoms with Crippen molar-refractivity contribution in [3.05, 3.63) is 33.9 Å². The molecular formula is C17H25N3O4. The second kappa shape index (κ2) is 7.92. The lowest BCUT2D eigenvalue weighted by molar-refractivity contribution is -0.384. The van der Waals surface area contributed by atoms with E-state index >= 15 is 0 Å². The van der Waals surface area contributed by atoms with Crippen LogP contribution in [0.15, 0.2) is 18.2 Å². The Labute approximate surface area is 142 Å². The Kier molecular flexibility index (Phi) is 5.65. The topological polar surface area (TPSA) is 68.1 Å². The predicted octanol–water partition coefficient (Wildman–Crippen LogP) is 2.04. The van der Waals surface area contributed by atoms with Gasteiger partial charge < -0.3 is 14.4 Å². The molecule has 0 N–H and O–H groups in total. The van der Waals surface area contributed by atoms with Crippen LogP contribution in [0, 0.1) is 10.1 Å². The van der Waals surface area contributed by atoms with E-state index in [-0.39, 0.29) is 10.6 Å². The van der Waals surface area contributed by atoms with Gasteiger partial charge in [0.25, 0.3) is 5.69 Å². The molecule has 0 bridgehead atoms. The second-order valence-electron chi connectivity index (χ2n) is 6.43. The fraction of sp³-hybridized carbons (Fsp3) is 0.647. The summed E-state index contributed by atoms with van der Waals surface area (Å²) in [6.07, 6.45) is 2.73. The number of anilines is 1. The monoisotopic (exact) mass is 335 g/mol. The molecule has 24 heavy (non-hydrogen) atoms. The number of methoxy groups -OCH3 is 1. The predicted molar refractivity (Wildman–Crippen MR) is 91.4 cm³/mol. The lowest BCUT2D eigenvalue weighted by Crippen LogP contribution is -2.48. The maximum absolute atomic E-state index is 11.0. The van der Waals surface area contributed by atoms with Crippen LogP contribution in [-0.4, -0.2) is 62.4 Å². The summed E-state index contributed by atoms with van der Waals surface area (Å²) < 4.78 is 10.9. The number of hydrogen-bond acceptors (Lipinski definition) is 6. The summed E-state index contributed by atoms with van der Waals surface area (Å²) >= 11 is 0. The molecule has 0 unspecified atom stereocenters. The number of rotatable bonds is 6. The van der Waals surface area contributed by atoms with Crippen molar-refractivity contribution in [2.75, 3.05) is 51.3 Å². The molecule has 1 atom stereocenters. The first kappa shape index (κ1) is 17.1. The molecule has 7 nitrogen and oxygen atoms in total. The Balaban J connectivity index is 1.63. The van der Waals surface area contributed by atoms with Gasteiger partial charge >= 0.3 is 0 Å². The fourth-order valence-electron chi connectivity index (χ4n) is 3.51. The summed E-state index contributed by atoms with van der Waals surface area (Å²) in [5, 5.41) is 11.0. The maximum atomic E-state index is 11.0. The molecule has 3 rings (SSSR count). The van der Waals surface area contributed by atoms with E-state index < -0.39 is 0 Å². The Morgan fingerprint density at radius 2 is 2.12 bits per heavy atom. The lowest BCUT2D eigenvalue weighted by Gasteiger charge is -2.37. The molecule has 1 aromatic rings. The molecule has 2 fully saturated rings. The minimum Gasteiger partial charge on any atom is -0.380 e. The highest BCUT2D eigenvalue weighted by Gasteiger charge is 2.24. The Morgan fingerprint density at radius 3 is 2.75 bits per heavy atom. The maximum Gasteiger partial charge on any atom is 0.269 e. The number of piperazine rings is 1. The van der Waals surface area contributed by atoms with Crippen LogP contribution in [0.5, 0.6) is 0 Å². The Hall–Kier alpha value is -1.70. The summed E-state index contributed by atoms with van der Waals surface area (Å²) in [6.45, 7) is 6.11. The van der Waals surface area contributed by atoms with E-state index in [9.17, 15) is 10.1 Å². The molecule has 132 valence electrons. The first-order valence-electron chi connectivity index (χ1n) is 8.52. The van der Waals surface area contributed by atoms with E-state index in [4.69, 9.17) is 9.47 Å². The number of nitro groups is 1. The Morgan fingerprint density at radius 1 is 1.33 bits per heavy atom. The number of benzene rings is 1. The average molecular weight is 335 g/mol. The molecule has 2 aliphatic rings. The molecule has 7 heteroatoms. The van der Waals surface area contributed by atoms with Gasteiger partial charge in [-0.3, -0.25) is 15.0 Å². The zero-order valence-corrected chi connectivity index (χ0v) is 14.1. The van der Waals surface area contributed by atoms with Crippen LogP contribution in [0.4, 0.5) is 11.4 Å². The first-order valence-corrected chi connectivity index (χ1v) is 8.52.